The quantitative estimate of drug-likeness (QED) is 0.747. The highest BCUT2D eigenvalue weighted by Crippen LogP contribution is 2.30. The summed E-state index contributed by atoms with van der Waals surface area (Å²) in [6, 6.07) is 21.4. The lowest BCUT2D eigenvalue weighted by Gasteiger charge is -2.30. The number of rotatable bonds is 5. The van der Waals surface area contributed by atoms with Gasteiger partial charge in [0, 0.05) is 11.6 Å². The van der Waals surface area contributed by atoms with Crippen LogP contribution in [0.3, 0.4) is 0 Å². The van der Waals surface area contributed by atoms with Crippen molar-refractivity contribution in [2.45, 2.75) is 18.9 Å². The van der Waals surface area contributed by atoms with E-state index in [1.165, 1.54) is 11.1 Å². The van der Waals surface area contributed by atoms with Crippen LogP contribution in [0.5, 0.6) is 0 Å². The molecule has 0 aromatic heterocycles. The molecule has 0 aliphatic rings. The first kappa shape index (κ1) is 13.1. The third-order valence-electron chi connectivity index (χ3n) is 3.42. The van der Waals surface area contributed by atoms with Crippen molar-refractivity contribution in [3.63, 3.8) is 0 Å². The van der Waals surface area contributed by atoms with Gasteiger partial charge in [0.05, 0.1) is 0 Å². The Labute approximate surface area is 112 Å². The maximum absolute atomic E-state index is 5.85. The molecule has 2 aromatic carbocycles. The average Bonchev–Trinajstić information content (AvgIpc) is 2.46. The van der Waals surface area contributed by atoms with Crippen molar-refractivity contribution in [1.82, 2.24) is 0 Å². The van der Waals surface area contributed by atoms with Crippen LogP contribution in [-0.4, -0.2) is 16.4 Å². The molecule has 2 aromatic rings. The Kier molecular flexibility index (Phi) is 4.34. The van der Waals surface area contributed by atoms with Crippen molar-refractivity contribution in [2.75, 3.05) is 6.61 Å². The van der Waals surface area contributed by atoms with Crippen LogP contribution >= 0.6 is 0 Å². The van der Waals surface area contributed by atoms with Crippen LogP contribution in [0.4, 0.5) is 0 Å². The first-order valence-corrected chi connectivity index (χ1v) is 7.74. The van der Waals surface area contributed by atoms with Crippen LogP contribution in [0.15, 0.2) is 60.7 Å². The lowest BCUT2D eigenvalue weighted by molar-refractivity contribution is 0.346. The molecule has 18 heavy (non-hydrogen) atoms. The van der Waals surface area contributed by atoms with Gasteiger partial charge in [-0.15, -0.1) is 0 Å². The van der Waals surface area contributed by atoms with Crippen LogP contribution in [0, 0.1) is 0 Å². The van der Waals surface area contributed by atoms with E-state index in [0.717, 1.165) is 6.61 Å². The van der Waals surface area contributed by atoms with Gasteiger partial charge in [-0.1, -0.05) is 67.6 Å². The van der Waals surface area contributed by atoms with E-state index in [1.807, 2.05) is 0 Å². The summed E-state index contributed by atoms with van der Waals surface area (Å²) in [5, 5.41) is 0.0541. The molecule has 0 aliphatic heterocycles. The van der Waals surface area contributed by atoms with Crippen molar-refractivity contribution < 1.29 is 4.43 Å². The minimum atomic E-state index is -0.668. The molecule has 0 spiro atoms. The van der Waals surface area contributed by atoms with Gasteiger partial charge in [0.25, 0.3) is 0 Å². The molecule has 0 radical (unpaired) electrons. The molecule has 0 atom stereocenters. The third kappa shape index (κ3) is 2.71. The largest absolute Gasteiger partial charge is 0.423 e. The zero-order valence-electron chi connectivity index (χ0n) is 11.1. The molecule has 2 rings (SSSR count). The number of hydrogen-bond acceptors (Lipinski definition) is 1. The normalized spacial score (nSPS) is 12.1. The van der Waals surface area contributed by atoms with E-state index in [4.69, 9.17) is 4.43 Å². The summed E-state index contributed by atoms with van der Waals surface area (Å²) in [6.07, 6.45) is 0. The molecule has 0 N–H and O–H groups in total. The Morgan fingerprint density at radius 3 is 1.72 bits per heavy atom. The molecule has 0 amide bonds. The lowest BCUT2D eigenvalue weighted by atomic mass is 9.92. The molecule has 94 valence electrons. The summed E-state index contributed by atoms with van der Waals surface area (Å²) in [5.41, 5.74) is 2.72. The van der Waals surface area contributed by atoms with E-state index < -0.39 is 9.76 Å². The maximum Gasteiger partial charge on any atom is 0.176 e. The van der Waals surface area contributed by atoms with Gasteiger partial charge < -0.3 is 4.43 Å². The highest BCUT2D eigenvalue weighted by atomic mass is 28.2. The molecule has 0 saturated carbocycles. The van der Waals surface area contributed by atoms with Gasteiger partial charge in [0.15, 0.2) is 9.76 Å². The molecule has 0 heterocycles. The van der Waals surface area contributed by atoms with E-state index in [9.17, 15) is 0 Å². The fourth-order valence-electron chi connectivity index (χ4n) is 2.25. The predicted molar refractivity (Wildman–Crippen MR) is 79.5 cm³/mol. The number of hydrogen-bond donors (Lipinski definition) is 0. The van der Waals surface area contributed by atoms with Crippen LogP contribution in [0.2, 0.25) is 0 Å². The maximum atomic E-state index is 5.85. The zero-order valence-corrected chi connectivity index (χ0v) is 12.5. The molecule has 0 bridgehead atoms. The molecule has 1 nitrogen and oxygen atoms in total. The summed E-state index contributed by atoms with van der Waals surface area (Å²) < 4.78 is 5.85. The average molecular weight is 256 g/mol. The van der Waals surface area contributed by atoms with Crippen LogP contribution in [0.1, 0.15) is 25.0 Å². The fourth-order valence-corrected chi connectivity index (χ4v) is 3.67. The van der Waals surface area contributed by atoms with E-state index >= 15 is 0 Å². The topological polar surface area (TPSA) is 9.23 Å². The summed E-state index contributed by atoms with van der Waals surface area (Å²) >= 11 is 0. The second-order valence-corrected chi connectivity index (χ2v) is 6.81. The van der Waals surface area contributed by atoms with Gasteiger partial charge in [-0.3, -0.25) is 0 Å². The highest BCUT2D eigenvalue weighted by Gasteiger charge is 2.29. The monoisotopic (exact) mass is 256 g/mol. The predicted octanol–water partition coefficient (Wildman–Crippen LogP) is 3.07. The van der Waals surface area contributed by atoms with E-state index in [0.29, 0.717) is 0 Å². The second kappa shape index (κ2) is 5.98. The van der Waals surface area contributed by atoms with Gasteiger partial charge in [-0.25, -0.2) is 0 Å². The second-order valence-electron chi connectivity index (χ2n) is 4.70. The first-order chi connectivity index (χ1) is 8.77. The Balaban J connectivity index is 2.41. The summed E-state index contributed by atoms with van der Waals surface area (Å²) in [6.45, 7) is 5.18. The van der Waals surface area contributed by atoms with Gasteiger partial charge >= 0.3 is 0 Å². The smallest absolute Gasteiger partial charge is 0.176 e. The van der Waals surface area contributed by atoms with Gasteiger partial charge in [-0.2, -0.15) is 0 Å². The minimum Gasteiger partial charge on any atom is -0.423 e. The Hall–Kier alpha value is -1.38. The lowest BCUT2D eigenvalue weighted by Crippen LogP contribution is -2.33. The molecular weight excluding hydrogens is 236 g/mol. The van der Waals surface area contributed by atoms with Gasteiger partial charge in [0.1, 0.15) is 0 Å². The molecule has 0 aliphatic carbocycles. The molecular formula is C16H20OSi. The standard InChI is InChI=1S/C16H20OSi/c1-3-17-18-16(2,14-10-6-4-7-11-14)15-12-8-5-9-13-15/h4-13H,3,18H2,1-2H3. The Morgan fingerprint density at radius 2 is 1.33 bits per heavy atom. The van der Waals surface area contributed by atoms with E-state index in [-0.39, 0.29) is 5.04 Å². The molecule has 0 unspecified atom stereocenters. The Morgan fingerprint density at radius 1 is 0.889 bits per heavy atom. The van der Waals surface area contributed by atoms with Gasteiger partial charge in [0.2, 0.25) is 0 Å². The van der Waals surface area contributed by atoms with Crippen LogP contribution in [0.25, 0.3) is 0 Å². The third-order valence-corrected chi connectivity index (χ3v) is 5.42. The van der Waals surface area contributed by atoms with Crippen LogP contribution < -0.4 is 0 Å². The molecule has 0 fully saturated rings. The first-order valence-electron chi connectivity index (χ1n) is 6.46. The summed E-state index contributed by atoms with van der Waals surface area (Å²) in [5.74, 6) is 0. The van der Waals surface area contributed by atoms with Crippen molar-refractivity contribution in [3.05, 3.63) is 71.8 Å². The van der Waals surface area contributed by atoms with E-state index in [1.54, 1.807) is 0 Å². The summed E-state index contributed by atoms with van der Waals surface area (Å²) in [4.78, 5) is 0. The highest BCUT2D eigenvalue weighted by molar-refractivity contribution is 6.34. The minimum absolute atomic E-state index is 0.0541. The molecule has 2 heteroatoms. The SMILES string of the molecule is CCO[SiH2]C(C)(c1ccccc1)c1ccccc1. The molecule has 0 saturated heterocycles. The Bertz CT molecular complexity index is 427. The zero-order chi connectivity index (χ0) is 12.8. The van der Waals surface area contributed by atoms with Crippen molar-refractivity contribution >= 4 is 9.76 Å². The number of benzene rings is 2. The fraction of sp³-hybridized carbons (Fsp3) is 0.250. The van der Waals surface area contributed by atoms with E-state index in [2.05, 4.69) is 74.5 Å². The van der Waals surface area contributed by atoms with Crippen LogP contribution in [-0.2, 0) is 9.46 Å². The summed E-state index contributed by atoms with van der Waals surface area (Å²) in [7, 11) is -0.668. The van der Waals surface area contributed by atoms with Crippen molar-refractivity contribution in [3.8, 4) is 0 Å². The van der Waals surface area contributed by atoms with Gasteiger partial charge in [-0.05, 0) is 18.1 Å². The van der Waals surface area contributed by atoms with Crippen molar-refractivity contribution in [1.29, 1.82) is 0 Å². The van der Waals surface area contributed by atoms with Crippen molar-refractivity contribution in [2.24, 2.45) is 0 Å².